The van der Waals surface area contributed by atoms with E-state index in [1.807, 2.05) is 52.5 Å². The number of methoxy groups -OCH3 is 3. The van der Waals surface area contributed by atoms with Crippen molar-refractivity contribution in [3.63, 3.8) is 0 Å². The third-order valence-electron chi connectivity index (χ3n) is 13.9. The van der Waals surface area contributed by atoms with E-state index in [1.165, 1.54) is 26.9 Å². The number of rotatable bonds is 12. The molecule has 4 heterocycles. The molecule has 2 aromatic heterocycles. The minimum absolute atomic E-state index is 0.0260. The molecule has 3 saturated carbocycles. The van der Waals surface area contributed by atoms with E-state index in [4.69, 9.17) is 24.2 Å². The van der Waals surface area contributed by atoms with Gasteiger partial charge in [0.15, 0.2) is 0 Å². The Hall–Kier alpha value is -5.70. The number of benzene rings is 2. The summed E-state index contributed by atoms with van der Waals surface area (Å²) in [5.41, 5.74) is 5.29. The Morgan fingerprint density at radius 1 is 0.717 bits per heavy atom. The zero-order valence-electron chi connectivity index (χ0n) is 34.9. The standard InChI is InChI=1S/C45H56N8O7/c1-28(58-2)36(50-42(56)59-3)40(54)52-24-9-13-34(52)39-47-27-35(49-39)45-21-18-44(19-22-45,20-23-45)31-16-14-29(15-17-31)32-26-46-38(48-32)33-12-8-25-53(33)41(55)37(51-43(57)60-4)30-10-6-5-7-11-30/h5-7,10-11,14-17,26-28,33-34,36-37H,8-9,12-13,18-25H2,1-4H3,(H,46,48)(H,47,49)(H,50,56)(H,51,57)/t28-,33+,34+,36+,37-,44?,45?/m1/s1. The van der Waals surface area contributed by atoms with E-state index in [2.05, 4.69) is 44.9 Å². The molecule has 2 aromatic carbocycles. The number of likely N-dealkylation sites (tertiary alicyclic amines) is 2. The number of carbonyl (C=O) groups is 4. The number of amides is 4. The van der Waals surface area contributed by atoms with Crippen molar-refractivity contribution in [3.8, 4) is 11.3 Å². The highest BCUT2D eigenvalue weighted by atomic mass is 16.5. The van der Waals surface area contributed by atoms with Gasteiger partial charge in [0.2, 0.25) is 5.91 Å². The van der Waals surface area contributed by atoms with Gasteiger partial charge in [-0.2, -0.15) is 0 Å². The van der Waals surface area contributed by atoms with Crippen molar-refractivity contribution in [1.82, 2.24) is 40.4 Å². The fourth-order valence-electron chi connectivity index (χ4n) is 10.2. The first-order valence-corrected chi connectivity index (χ1v) is 21.2. The van der Waals surface area contributed by atoms with Crippen LogP contribution >= 0.6 is 0 Å². The molecule has 3 aliphatic carbocycles. The molecular weight excluding hydrogens is 765 g/mol. The molecule has 60 heavy (non-hydrogen) atoms. The normalized spacial score (nSPS) is 25.1. The van der Waals surface area contributed by atoms with Crippen molar-refractivity contribution in [2.45, 2.75) is 112 Å². The van der Waals surface area contributed by atoms with Gasteiger partial charge in [0, 0.05) is 37.5 Å². The highest BCUT2D eigenvalue weighted by molar-refractivity contribution is 5.88. The summed E-state index contributed by atoms with van der Waals surface area (Å²) < 4.78 is 15.1. The monoisotopic (exact) mass is 820 g/mol. The number of hydrogen-bond acceptors (Lipinski definition) is 9. The quantitative estimate of drug-likeness (QED) is 0.124. The first-order valence-electron chi connectivity index (χ1n) is 21.2. The Morgan fingerprint density at radius 2 is 1.28 bits per heavy atom. The van der Waals surface area contributed by atoms with Crippen molar-refractivity contribution in [3.05, 3.63) is 95.5 Å². The minimum atomic E-state index is -0.870. The second-order valence-electron chi connectivity index (χ2n) is 16.9. The van der Waals surface area contributed by atoms with E-state index in [-0.39, 0.29) is 34.7 Å². The molecule has 15 heteroatoms. The summed E-state index contributed by atoms with van der Waals surface area (Å²) in [6, 6.07) is 15.9. The lowest BCUT2D eigenvalue weighted by Gasteiger charge is -2.53. The van der Waals surface area contributed by atoms with Gasteiger partial charge in [-0.25, -0.2) is 19.6 Å². The zero-order valence-corrected chi connectivity index (χ0v) is 34.9. The van der Waals surface area contributed by atoms with E-state index < -0.39 is 30.4 Å². The molecule has 2 bridgehead atoms. The Kier molecular flexibility index (Phi) is 11.7. The maximum atomic E-state index is 14.0. The summed E-state index contributed by atoms with van der Waals surface area (Å²) in [6.45, 7) is 2.91. The number of ether oxygens (including phenoxy) is 3. The van der Waals surface area contributed by atoms with Crippen molar-refractivity contribution in [1.29, 1.82) is 0 Å². The van der Waals surface area contributed by atoms with Crippen molar-refractivity contribution in [2.24, 2.45) is 0 Å². The van der Waals surface area contributed by atoms with Gasteiger partial charge < -0.3 is 44.6 Å². The fourth-order valence-corrected chi connectivity index (χ4v) is 10.2. The minimum Gasteiger partial charge on any atom is -0.453 e. The molecule has 0 unspecified atom stereocenters. The van der Waals surface area contributed by atoms with Crippen molar-refractivity contribution >= 4 is 24.0 Å². The first-order chi connectivity index (χ1) is 29.1. The van der Waals surface area contributed by atoms with Gasteiger partial charge in [-0.3, -0.25) is 9.59 Å². The summed E-state index contributed by atoms with van der Waals surface area (Å²) in [5.74, 6) is 1.13. The molecule has 5 aliphatic rings. The number of carbonyl (C=O) groups excluding carboxylic acids is 4. The first kappa shape index (κ1) is 41.1. The average molecular weight is 821 g/mol. The van der Waals surface area contributed by atoms with Gasteiger partial charge >= 0.3 is 12.2 Å². The number of aromatic amines is 2. The van der Waals surface area contributed by atoms with Crippen LogP contribution in [0.5, 0.6) is 0 Å². The SMILES string of the molecule is COC(=O)N[C@H](C(=O)N1CCC[C@H]1c1ncc(C23CCC(c4ccc(-c5cnc([C@@H]6CCCN6C(=O)[C@H](NC(=O)OC)c6ccccc6)[nH]5)cc4)(CC2)CC3)[nH]1)[C@@H](C)OC. The van der Waals surface area contributed by atoms with E-state index in [0.717, 1.165) is 92.8 Å². The number of H-pyrrole nitrogens is 2. The molecule has 2 saturated heterocycles. The molecule has 0 radical (unpaired) electrons. The van der Waals surface area contributed by atoms with Gasteiger partial charge in [-0.15, -0.1) is 0 Å². The maximum absolute atomic E-state index is 14.0. The van der Waals surface area contributed by atoms with Crippen LogP contribution in [0.1, 0.15) is 118 Å². The van der Waals surface area contributed by atoms with Crippen LogP contribution in [0.15, 0.2) is 67.0 Å². The summed E-state index contributed by atoms with van der Waals surface area (Å²) in [4.78, 5) is 72.5. The molecule has 15 nitrogen and oxygen atoms in total. The van der Waals surface area contributed by atoms with Crippen LogP contribution < -0.4 is 10.6 Å². The summed E-state index contributed by atoms with van der Waals surface area (Å²) in [5, 5.41) is 5.39. The number of nitrogens with zero attached hydrogens (tertiary/aromatic N) is 4. The number of alkyl carbamates (subject to hydrolysis) is 2. The Balaban J connectivity index is 0.917. The average Bonchev–Trinajstić information content (AvgIpc) is 4.15. The number of nitrogens with one attached hydrogen (secondary N) is 4. The van der Waals surface area contributed by atoms with Gasteiger partial charge in [0.25, 0.3) is 5.91 Å². The van der Waals surface area contributed by atoms with E-state index in [1.54, 1.807) is 6.92 Å². The van der Waals surface area contributed by atoms with Gasteiger partial charge in [0.1, 0.15) is 23.7 Å². The van der Waals surface area contributed by atoms with Crippen LogP contribution in [0.3, 0.4) is 0 Å². The van der Waals surface area contributed by atoms with Gasteiger partial charge in [-0.1, -0.05) is 54.6 Å². The lowest BCUT2D eigenvalue weighted by atomic mass is 9.51. The topological polar surface area (TPSA) is 184 Å². The van der Waals surface area contributed by atoms with Gasteiger partial charge in [0.05, 0.1) is 44.3 Å². The Morgan fingerprint density at radius 3 is 1.90 bits per heavy atom. The molecule has 2 aliphatic heterocycles. The third-order valence-corrected chi connectivity index (χ3v) is 13.9. The fraction of sp³-hybridized carbons (Fsp3) is 0.511. The highest BCUT2D eigenvalue weighted by Crippen LogP contribution is 2.58. The summed E-state index contributed by atoms with van der Waals surface area (Å²) in [6.07, 6.45) is 11.6. The number of fused-ring (bicyclic) bond motifs is 3. The van der Waals surface area contributed by atoms with Gasteiger partial charge in [-0.05, 0) is 93.2 Å². The number of imidazole rings is 2. The predicted octanol–water partition coefficient (Wildman–Crippen LogP) is 6.53. The van der Waals surface area contributed by atoms with Crippen LogP contribution in [0.4, 0.5) is 9.59 Å². The Labute approximate surface area is 350 Å². The highest BCUT2D eigenvalue weighted by Gasteiger charge is 2.51. The smallest absolute Gasteiger partial charge is 0.407 e. The molecule has 318 valence electrons. The van der Waals surface area contributed by atoms with Crippen LogP contribution in [-0.4, -0.2) is 100 Å². The molecular formula is C45H56N8O7. The number of aromatic nitrogens is 4. The maximum Gasteiger partial charge on any atom is 0.407 e. The number of hydrogen-bond donors (Lipinski definition) is 4. The molecule has 4 amide bonds. The second kappa shape index (κ2) is 17.1. The van der Waals surface area contributed by atoms with Crippen LogP contribution in [0, 0.1) is 0 Å². The molecule has 9 rings (SSSR count). The molecule has 5 fully saturated rings. The Bertz CT molecular complexity index is 2150. The van der Waals surface area contributed by atoms with Crippen molar-refractivity contribution < 1.29 is 33.4 Å². The van der Waals surface area contributed by atoms with Crippen molar-refractivity contribution in [2.75, 3.05) is 34.4 Å². The van der Waals surface area contributed by atoms with Crippen LogP contribution in [0.2, 0.25) is 0 Å². The summed E-state index contributed by atoms with van der Waals surface area (Å²) >= 11 is 0. The third kappa shape index (κ3) is 7.75. The predicted molar refractivity (Wildman–Crippen MR) is 222 cm³/mol. The molecule has 4 N–H and O–H groups in total. The molecule has 0 spiro atoms. The summed E-state index contributed by atoms with van der Waals surface area (Å²) in [7, 11) is 4.09. The lowest BCUT2D eigenvalue weighted by molar-refractivity contribution is -0.137. The van der Waals surface area contributed by atoms with E-state index in [9.17, 15) is 19.2 Å². The zero-order chi connectivity index (χ0) is 42.0. The largest absolute Gasteiger partial charge is 0.453 e. The van der Waals surface area contributed by atoms with E-state index in [0.29, 0.717) is 18.7 Å². The molecule has 4 aromatic rings. The lowest BCUT2D eigenvalue weighted by Crippen LogP contribution is -2.54. The van der Waals surface area contributed by atoms with Crippen LogP contribution in [0.25, 0.3) is 11.3 Å². The van der Waals surface area contributed by atoms with E-state index >= 15 is 0 Å². The van der Waals surface area contributed by atoms with Crippen LogP contribution in [-0.2, 0) is 34.6 Å². The molecule has 5 atom stereocenters. The second-order valence-corrected chi connectivity index (χ2v) is 16.9.